The number of para-hydroxylation sites is 1. The van der Waals surface area contributed by atoms with Gasteiger partial charge in [0.2, 0.25) is 0 Å². The molecule has 4 aromatic rings. The van der Waals surface area contributed by atoms with E-state index in [1.807, 2.05) is 28.4 Å². The quantitative estimate of drug-likeness (QED) is 0.409. The van der Waals surface area contributed by atoms with Gasteiger partial charge in [0, 0.05) is 12.1 Å². The first-order valence-corrected chi connectivity index (χ1v) is 12.3. The Bertz CT molecular complexity index is 1500. The van der Waals surface area contributed by atoms with Crippen LogP contribution in [0.15, 0.2) is 42.9 Å². The molecule has 3 aliphatic rings. The topological polar surface area (TPSA) is 99.7 Å². The minimum atomic E-state index is -0.586. The van der Waals surface area contributed by atoms with Gasteiger partial charge in [-0.2, -0.15) is 0 Å². The number of benzene rings is 2. The summed E-state index contributed by atoms with van der Waals surface area (Å²) in [7, 11) is 0. The summed E-state index contributed by atoms with van der Waals surface area (Å²) in [6, 6.07) is 8.41. The van der Waals surface area contributed by atoms with Gasteiger partial charge in [-0.25, -0.2) is 14.1 Å². The zero-order valence-corrected chi connectivity index (χ0v) is 19.7. The SMILES string of the molecule is C.Cc1cc(F)c(C(=O)Nc2cccc3c2OC[C@@H](C2CC2)n2nnnc2-3)cc1-n1cnc(C2CC2)c1. The largest absolute Gasteiger partial charge is 0.488 e. The van der Waals surface area contributed by atoms with Crippen LogP contribution in [0, 0.1) is 18.7 Å². The molecule has 2 aromatic carbocycles. The van der Waals surface area contributed by atoms with Crippen molar-refractivity contribution < 1.29 is 13.9 Å². The van der Waals surface area contributed by atoms with Crippen molar-refractivity contribution >= 4 is 11.6 Å². The fourth-order valence-electron chi connectivity index (χ4n) is 4.98. The molecule has 2 fully saturated rings. The number of nitrogens with one attached hydrogen (secondary N) is 1. The number of aryl methyl sites for hydroxylation is 1. The molecule has 9 nitrogen and oxygen atoms in total. The molecule has 1 aliphatic heterocycles. The van der Waals surface area contributed by atoms with E-state index in [4.69, 9.17) is 4.74 Å². The third-order valence-electron chi connectivity index (χ3n) is 7.28. The molecule has 7 rings (SSSR count). The van der Waals surface area contributed by atoms with Crippen LogP contribution in [-0.2, 0) is 0 Å². The van der Waals surface area contributed by atoms with Crippen molar-refractivity contribution in [1.29, 1.82) is 0 Å². The molecule has 10 heteroatoms. The van der Waals surface area contributed by atoms with Crippen molar-refractivity contribution in [3.05, 3.63) is 65.5 Å². The number of hydrogen-bond acceptors (Lipinski definition) is 6. The van der Waals surface area contributed by atoms with Gasteiger partial charge < -0.3 is 14.6 Å². The predicted octanol–water partition coefficient (Wildman–Crippen LogP) is 5.08. The van der Waals surface area contributed by atoms with Gasteiger partial charge in [-0.15, -0.1) is 5.10 Å². The molecule has 0 saturated heterocycles. The molecule has 0 bridgehead atoms. The Morgan fingerprint density at radius 3 is 2.81 bits per heavy atom. The maximum absolute atomic E-state index is 15.0. The molecule has 2 aromatic heterocycles. The van der Waals surface area contributed by atoms with Gasteiger partial charge in [-0.3, -0.25) is 4.79 Å². The van der Waals surface area contributed by atoms with Gasteiger partial charge in [-0.05, 0) is 78.8 Å². The lowest BCUT2D eigenvalue weighted by molar-refractivity contribution is 0.102. The van der Waals surface area contributed by atoms with Crippen LogP contribution in [-0.4, -0.2) is 42.3 Å². The number of anilines is 1. The van der Waals surface area contributed by atoms with Crippen LogP contribution in [0.2, 0.25) is 0 Å². The minimum Gasteiger partial charge on any atom is -0.488 e. The first-order chi connectivity index (χ1) is 17.6. The first-order valence-electron chi connectivity index (χ1n) is 12.3. The molecular weight excluding hydrogens is 473 g/mol. The first kappa shape index (κ1) is 23.3. The van der Waals surface area contributed by atoms with Crippen molar-refractivity contribution in [2.24, 2.45) is 5.92 Å². The minimum absolute atomic E-state index is 0. The van der Waals surface area contributed by atoms with E-state index in [1.165, 1.54) is 6.07 Å². The van der Waals surface area contributed by atoms with Crippen LogP contribution >= 0.6 is 0 Å². The van der Waals surface area contributed by atoms with E-state index in [0.717, 1.165) is 42.6 Å². The molecule has 2 saturated carbocycles. The Hall–Kier alpha value is -4.08. The van der Waals surface area contributed by atoms with Crippen LogP contribution in [0.3, 0.4) is 0 Å². The van der Waals surface area contributed by atoms with E-state index in [-0.39, 0.29) is 19.0 Å². The number of tetrazole rings is 1. The zero-order chi connectivity index (χ0) is 24.4. The van der Waals surface area contributed by atoms with Crippen LogP contribution in [0.4, 0.5) is 10.1 Å². The number of aromatic nitrogens is 6. The summed E-state index contributed by atoms with van der Waals surface area (Å²) >= 11 is 0. The highest BCUT2D eigenvalue weighted by Gasteiger charge is 2.38. The second kappa shape index (κ2) is 8.79. The molecule has 1 atom stereocenters. The van der Waals surface area contributed by atoms with E-state index in [9.17, 15) is 4.79 Å². The average Bonchev–Trinajstić information content (AvgIpc) is 3.79. The van der Waals surface area contributed by atoms with Crippen LogP contribution in [0.1, 0.15) is 66.7 Å². The fraction of sp³-hybridized carbons (Fsp3) is 0.370. The smallest absolute Gasteiger partial charge is 0.258 e. The predicted molar refractivity (Wildman–Crippen MR) is 135 cm³/mol. The number of hydrogen-bond donors (Lipinski definition) is 1. The van der Waals surface area contributed by atoms with Gasteiger partial charge in [0.15, 0.2) is 11.6 Å². The molecule has 190 valence electrons. The van der Waals surface area contributed by atoms with E-state index in [0.29, 0.717) is 41.3 Å². The molecule has 3 heterocycles. The normalized spacial score (nSPS) is 18.2. The van der Waals surface area contributed by atoms with Gasteiger partial charge >= 0.3 is 0 Å². The Morgan fingerprint density at radius 1 is 1.19 bits per heavy atom. The number of halogens is 1. The van der Waals surface area contributed by atoms with Gasteiger partial charge in [0.25, 0.3) is 5.91 Å². The van der Waals surface area contributed by atoms with E-state index in [2.05, 4.69) is 25.8 Å². The number of nitrogens with zero attached hydrogens (tertiary/aromatic N) is 6. The van der Waals surface area contributed by atoms with Crippen LogP contribution in [0.5, 0.6) is 5.75 Å². The lowest BCUT2D eigenvalue weighted by Gasteiger charge is -2.16. The number of amides is 1. The summed E-state index contributed by atoms with van der Waals surface area (Å²) < 4.78 is 24.9. The molecule has 0 radical (unpaired) electrons. The van der Waals surface area contributed by atoms with Crippen LogP contribution < -0.4 is 10.1 Å². The van der Waals surface area contributed by atoms with Crippen molar-refractivity contribution in [3.8, 4) is 22.8 Å². The highest BCUT2D eigenvalue weighted by atomic mass is 19.1. The Kier molecular flexibility index (Phi) is 5.54. The Labute approximate surface area is 213 Å². The Balaban J connectivity index is 0.00000252. The number of imidazole rings is 1. The number of fused-ring (bicyclic) bond motifs is 3. The molecule has 1 amide bonds. The third kappa shape index (κ3) is 4.06. The standard InChI is InChI=1S/C26H24FN7O2.CH4/c1-14-9-19(27)18(10-22(14)33-11-21(28-13-33)15-5-6-15)26(35)29-20-4-2-3-17-24(20)36-12-23(16-7-8-16)34-25(17)30-31-32-34;/h2-4,9-11,13,15-16,23H,5-8,12H2,1H3,(H,29,35);1H4/t23-;/m0./s1. The molecule has 0 spiro atoms. The zero-order valence-electron chi connectivity index (χ0n) is 19.7. The van der Waals surface area contributed by atoms with E-state index < -0.39 is 11.7 Å². The lowest BCUT2D eigenvalue weighted by Crippen LogP contribution is -2.20. The number of carbonyl (C=O) groups excluding carboxylic acids is 1. The van der Waals surface area contributed by atoms with Crippen LogP contribution in [0.25, 0.3) is 17.1 Å². The maximum Gasteiger partial charge on any atom is 0.258 e. The van der Waals surface area contributed by atoms with Crippen molar-refractivity contribution in [2.45, 2.75) is 52.0 Å². The van der Waals surface area contributed by atoms with Crippen molar-refractivity contribution in [3.63, 3.8) is 0 Å². The number of carbonyl (C=O) groups is 1. The average molecular weight is 502 g/mol. The van der Waals surface area contributed by atoms with Crippen molar-refractivity contribution in [1.82, 2.24) is 29.8 Å². The van der Waals surface area contributed by atoms with E-state index in [1.54, 1.807) is 24.5 Å². The summed E-state index contributed by atoms with van der Waals surface area (Å²) in [5.74, 6) is 0.923. The summed E-state index contributed by atoms with van der Waals surface area (Å²) in [5.41, 5.74) is 3.56. The van der Waals surface area contributed by atoms with Gasteiger partial charge in [0.1, 0.15) is 12.4 Å². The number of rotatable bonds is 5. The Morgan fingerprint density at radius 2 is 2.03 bits per heavy atom. The molecule has 0 unspecified atom stereocenters. The third-order valence-corrected chi connectivity index (χ3v) is 7.28. The summed E-state index contributed by atoms with van der Waals surface area (Å²) in [6.07, 6.45) is 8.20. The number of ether oxygens (including phenoxy) is 1. The second-order valence-electron chi connectivity index (χ2n) is 9.90. The maximum atomic E-state index is 15.0. The molecular formula is C27H28FN7O2. The van der Waals surface area contributed by atoms with E-state index >= 15 is 4.39 Å². The molecule has 1 N–H and O–H groups in total. The molecule has 37 heavy (non-hydrogen) atoms. The fourth-order valence-corrected chi connectivity index (χ4v) is 4.98. The second-order valence-corrected chi connectivity index (χ2v) is 9.90. The summed E-state index contributed by atoms with van der Waals surface area (Å²) in [5, 5.41) is 15.2. The monoisotopic (exact) mass is 501 g/mol. The van der Waals surface area contributed by atoms with Crippen molar-refractivity contribution in [2.75, 3.05) is 11.9 Å². The van der Waals surface area contributed by atoms with Gasteiger partial charge in [-0.1, -0.05) is 13.5 Å². The highest BCUT2D eigenvalue weighted by Crippen LogP contribution is 2.45. The summed E-state index contributed by atoms with van der Waals surface area (Å²) in [4.78, 5) is 17.8. The highest BCUT2D eigenvalue weighted by molar-refractivity contribution is 6.06. The summed E-state index contributed by atoms with van der Waals surface area (Å²) in [6.45, 7) is 2.22. The molecule has 2 aliphatic carbocycles. The van der Waals surface area contributed by atoms with Gasteiger partial charge in [0.05, 0.1) is 40.6 Å². The lowest BCUT2D eigenvalue weighted by atomic mass is 10.1.